The maximum atomic E-state index is 13.1. The van der Waals surface area contributed by atoms with Crippen molar-refractivity contribution in [2.24, 2.45) is 17.8 Å². The Kier molecular flexibility index (Phi) is 39.4. The van der Waals surface area contributed by atoms with Crippen LogP contribution in [0, 0.1) is 17.8 Å². The van der Waals surface area contributed by atoms with Gasteiger partial charge >= 0.3 is 17.9 Å². The van der Waals surface area contributed by atoms with Crippen molar-refractivity contribution in [2.45, 2.75) is 227 Å². The fourth-order valence-corrected chi connectivity index (χ4v) is 7.24. The minimum absolute atomic E-state index is 0.0118. The van der Waals surface area contributed by atoms with Gasteiger partial charge in [0.05, 0.1) is 25.7 Å². The second-order valence-corrected chi connectivity index (χ2v) is 17.3. The Bertz CT molecular complexity index is 1120. The summed E-state index contributed by atoms with van der Waals surface area (Å²) in [5.74, 6) is 0.804. The van der Waals surface area contributed by atoms with E-state index in [9.17, 15) is 14.4 Å². The highest BCUT2D eigenvalue weighted by atomic mass is 16.5. The number of esters is 3. The molecule has 3 atom stereocenters. The SMILES string of the molecule is C=C=C=C=CC(CCCCC)CCOC(=O)CCCCCCCCCC(CCCCCCCCCC(=O)OCCC(C)CCCCC)C(=O)OCCCN(C)C(C)C. The average molecular weight is 814 g/mol. The largest absolute Gasteiger partial charge is 0.466 e. The Labute approximate surface area is 358 Å². The van der Waals surface area contributed by atoms with Crippen LogP contribution in [0.3, 0.4) is 0 Å². The molecule has 0 heterocycles. The molecule has 0 saturated heterocycles. The third kappa shape index (κ3) is 36.5. The van der Waals surface area contributed by atoms with Crippen molar-refractivity contribution >= 4 is 17.9 Å². The Balaban J connectivity index is 4.31. The molecule has 0 aliphatic rings. The maximum Gasteiger partial charge on any atom is 0.308 e. The van der Waals surface area contributed by atoms with E-state index < -0.39 is 0 Å². The number of hydrogen-bond acceptors (Lipinski definition) is 7. The van der Waals surface area contributed by atoms with Crippen molar-refractivity contribution in [2.75, 3.05) is 33.4 Å². The molecule has 0 amide bonds. The van der Waals surface area contributed by atoms with E-state index in [-0.39, 0.29) is 23.8 Å². The predicted octanol–water partition coefficient (Wildman–Crippen LogP) is 13.8. The van der Waals surface area contributed by atoms with E-state index in [1.54, 1.807) is 0 Å². The van der Waals surface area contributed by atoms with Crippen LogP contribution in [0.2, 0.25) is 0 Å². The molecule has 0 rings (SSSR count). The first-order valence-electron chi connectivity index (χ1n) is 24.2. The van der Waals surface area contributed by atoms with Crippen molar-refractivity contribution in [1.82, 2.24) is 4.90 Å². The van der Waals surface area contributed by atoms with Gasteiger partial charge in [-0.3, -0.25) is 14.4 Å². The zero-order valence-corrected chi connectivity index (χ0v) is 38.8. The van der Waals surface area contributed by atoms with Crippen LogP contribution in [-0.2, 0) is 28.6 Å². The van der Waals surface area contributed by atoms with Crippen LogP contribution in [-0.4, -0.2) is 62.3 Å². The van der Waals surface area contributed by atoms with Crippen LogP contribution in [0.15, 0.2) is 29.8 Å². The summed E-state index contributed by atoms with van der Waals surface area (Å²) in [5.41, 5.74) is 8.38. The fourth-order valence-electron chi connectivity index (χ4n) is 7.24. The number of hydrogen-bond donors (Lipinski definition) is 0. The van der Waals surface area contributed by atoms with E-state index in [1.165, 1.54) is 57.8 Å². The summed E-state index contributed by atoms with van der Waals surface area (Å²) in [6.45, 7) is 17.0. The second kappa shape index (κ2) is 41.2. The lowest BCUT2D eigenvalue weighted by Crippen LogP contribution is -2.28. The third-order valence-electron chi connectivity index (χ3n) is 11.6. The molecule has 0 aromatic carbocycles. The highest BCUT2D eigenvalue weighted by Crippen LogP contribution is 2.22. The van der Waals surface area contributed by atoms with Gasteiger partial charge in [-0.05, 0) is 102 Å². The van der Waals surface area contributed by atoms with Crippen LogP contribution >= 0.6 is 0 Å². The monoisotopic (exact) mass is 814 g/mol. The molecule has 0 aromatic rings. The van der Waals surface area contributed by atoms with E-state index in [1.807, 2.05) is 6.08 Å². The number of ether oxygens (including phenoxy) is 3. The van der Waals surface area contributed by atoms with Gasteiger partial charge in [-0.2, -0.15) is 0 Å². The Morgan fingerprint density at radius 3 is 1.57 bits per heavy atom. The standard InChI is InChI=1S/C51H91NO6/c1-8-11-24-32-46(6)39-43-56-49(53)37-29-22-18-14-16-20-27-35-48(51(55)58-42-31-41-52(7)45(4)5)36-28-21-17-15-19-23-30-38-50(54)57-44-40-47(33-25-12-9-2)34-26-13-10-3/h33,45-48H,2,8,10-11,13-24,26-32,34-44H2,1,3-7H3. The molecule has 0 radical (unpaired) electrons. The van der Waals surface area contributed by atoms with Gasteiger partial charge in [-0.25, -0.2) is 0 Å². The summed E-state index contributed by atoms with van der Waals surface area (Å²) in [6.07, 6.45) is 32.4. The molecule has 0 N–H and O–H groups in total. The van der Waals surface area contributed by atoms with E-state index in [0.717, 1.165) is 122 Å². The minimum atomic E-state index is -0.0924. The van der Waals surface area contributed by atoms with Gasteiger partial charge in [-0.15, -0.1) is 0 Å². The highest BCUT2D eigenvalue weighted by molar-refractivity contribution is 5.72. The van der Waals surface area contributed by atoms with Crippen molar-refractivity contribution < 1.29 is 28.6 Å². The van der Waals surface area contributed by atoms with Crippen LogP contribution in [0.5, 0.6) is 0 Å². The quantitative estimate of drug-likeness (QED) is 0.0263. The van der Waals surface area contributed by atoms with Crippen molar-refractivity contribution in [3.8, 4) is 0 Å². The summed E-state index contributed by atoms with van der Waals surface area (Å²) < 4.78 is 16.8. The zero-order valence-electron chi connectivity index (χ0n) is 38.8. The molecular formula is C51H91NO6. The van der Waals surface area contributed by atoms with E-state index in [2.05, 4.69) is 70.3 Å². The average Bonchev–Trinajstić information content (AvgIpc) is 3.20. The van der Waals surface area contributed by atoms with Crippen molar-refractivity contribution in [3.63, 3.8) is 0 Å². The Hall–Kier alpha value is -2.55. The van der Waals surface area contributed by atoms with Gasteiger partial charge < -0.3 is 19.1 Å². The number of carbonyl (C=O) groups excluding carboxylic acids is 3. The van der Waals surface area contributed by atoms with E-state index in [0.29, 0.717) is 50.5 Å². The molecule has 58 heavy (non-hydrogen) atoms. The van der Waals surface area contributed by atoms with Crippen LogP contribution in [0.4, 0.5) is 0 Å². The molecule has 0 aliphatic carbocycles. The Morgan fingerprint density at radius 2 is 1.05 bits per heavy atom. The number of nitrogens with zero attached hydrogens (tertiary/aromatic N) is 1. The van der Waals surface area contributed by atoms with Crippen LogP contribution in [0.1, 0.15) is 221 Å². The summed E-state index contributed by atoms with van der Waals surface area (Å²) >= 11 is 0. The van der Waals surface area contributed by atoms with Gasteiger partial charge in [0.25, 0.3) is 0 Å². The summed E-state index contributed by atoms with van der Waals surface area (Å²) in [5, 5.41) is 0. The molecule has 7 nitrogen and oxygen atoms in total. The van der Waals surface area contributed by atoms with Gasteiger partial charge in [0.2, 0.25) is 0 Å². The third-order valence-corrected chi connectivity index (χ3v) is 11.6. The molecule has 0 bridgehead atoms. The summed E-state index contributed by atoms with van der Waals surface area (Å²) in [7, 11) is 2.12. The molecule has 0 aliphatic heterocycles. The summed E-state index contributed by atoms with van der Waals surface area (Å²) in [4.78, 5) is 39.8. The molecule has 0 saturated carbocycles. The lowest BCUT2D eigenvalue weighted by molar-refractivity contribution is -0.149. The van der Waals surface area contributed by atoms with Gasteiger partial charge in [0, 0.05) is 25.4 Å². The molecule has 0 aromatic heterocycles. The molecular weight excluding hydrogens is 723 g/mol. The molecule has 0 spiro atoms. The summed E-state index contributed by atoms with van der Waals surface area (Å²) in [6, 6.07) is 0.486. The van der Waals surface area contributed by atoms with Crippen LogP contribution < -0.4 is 0 Å². The van der Waals surface area contributed by atoms with Crippen molar-refractivity contribution in [1.29, 1.82) is 0 Å². The lowest BCUT2D eigenvalue weighted by atomic mass is 9.94. The Morgan fingerprint density at radius 1 is 0.569 bits per heavy atom. The first-order chi connectivity index (χ1) is 28.1. The lowest BCUT2D eigenvalue weighted by Gasteiger charge is -2.21. The molecule has 0 fully saturated rings. The topological polar surface area (TPSA) is 82.1 Å². The molecule has 3 unspecified atom stereocenters. The molecule has 7 heteroatoms. The number of carbonyl (C=O) groups is 3. The second-order valence-electron chi connectivity index (χ2n) is 17.3. The minimum Gasteiger partial charge on any atom is -0.466 e. The number of unbranched alkanes of at least 4 members (excludes halogenated alkanes) is 16. The smallest absolute Gasteiger partial charge is 0.308 e. The molecule has 336 valence electrons. The zero-order chi connectivity index (χ0) is 42.9. The predicted molar refractivity (Wildman–Crippen MR) is 243 cm³/mol. The highest BCUT2D eigenvalue weighted by Gasteiger charge is 2.19. The van der Waals surface area contributed by atoms with Gasteiger partial charge in [0.1, 0.15) is 0 Å². The maximum absolute atomic E-state index is 13.1. The first kappa shape index (κ1) is 55.5. The van der Waals surface area contributed by atoms with E-state index >= 15 is 0 Å². The van der Waals surface area contributed by atoms with E-state index in [4.69, 9.17) is 14.2 Å². The van der Waals surface area contributed by atoms with Crippen molar-refractivity contribution in [3.05, 3.63) is 29.8 Å². The van der Waals surface area contributed by atoms with Gasteiger partial charge in [-0.1, -0.05) is 154 Å². The fraction of sp³-hybridized carbons (Fsp3) is 0.843. The number of allylic oxidation sites excluding steroid dienone is 1. The first-order valence-corrected chi connectivity index (χ1v) is 24.2. The van der Waals surface area contributed by atoms with Gasteiger partial charge in [0.15, 0.2) is 0 Å². The normalized spacial score (nSPS) is 12.7. The van der Waals surface area contributed by atoms with Crippen LogP contribution in [0.25, 0.3) is 0 Å². The number of rotatable bonds is 41.